The first-order valence-electron chi connectivity index (χ1n) is 7.34. The quantitative estimate of drug-likeness (QED) is 0.764. The number of para-hydroxylation sites is 2. The topological polar surface area (TPSA) is 66.9 Å². The minimum absolute atomic E-state index is 0.106. The van der Waals surface area contributed by atoms with Gasteiger partial charge in [0.2, 0.25) is 0 Å². The lowest BCUT2D eigenvalue weighted by molar-refractivity contribution is 0.102. The zero-order valence-electron chi connectivity index (χ0n) is 13.0. The molecule has 120 valence electrons. The van der Waals surface area contributed by atoms with Crippen LogP contribution >= 0.6 is 0 Å². The van der Waals surface area contributed by atoms with E-state index < -0.39 is 11.7 Å². The van der Waals surface area contributed by atoms with E-state index in [1.165, 1.54) is 24.5 Å². The molecule has 3 aromatic rings. The van der Waals surface area contributed by atoms with Crippen LogP contribution in [0.1, 0.15) is 16.1 Å². The lowest BCUT2D eigenvalue weighted by atomic mass is 10.2. The maximum Gasteiger partial charge on any atom is 0.274 e. The number of nitrogens with one attached hydrogen (secondary N) is 2. The van der Waals surface area contributed by atoms with Crippen LogP contribution in [0.3, 0.4) is 0 Å². The van der Waals surface area contributed by atoms with Gasteiger partial charge in [-0.25, -0.2) is 14.4 Å². The fourth-order valence-corrected chi connectivity index (χ4v) is 2.15. The van der Waals surface area contributed by atoms with Crippen molar-refractivity contribution in [2.24, 2.45) is 0 Å². The molecule has 0 spiro atoms. The summed E-state index contributed by atoms with van der Waals surface area (Å²) in [5.74, 6) is -0.522. The highest BCUT2D eigenvalue weighted by molar-refractivity contribution is 6.03. The van der Waals surface area contributed by atoms with Gasteiger partial charge < -0.3 is 10.6 Å². The number of aromatic nitrogens is 2. The predicted octanol–water partition coefficient (Wildman–Crippen LogP) is 3.92. The molecular weight excluding hydrogens is 307 g/mol. The number of aryl methyl sites for hydroxylation is 1. The largest absolute Gasteiger partial charge is 0.340 e. The van der Waals surface area contributed by atoms with Gasteiger partial charge in [-0.3, -0.25) is 4.79 Å². The van der Waals surface area contributed by atoms with E-state index in [9.17, 15) is 9.18 Å². The summed E-state index contributed by atoms with van der Waals surface area (Å²) in [7, 11) is 0. The summed E-state index contributed by atoms with van der Waals surface area (Å²) in [6, 6.07) is 15.2. The number of amides is 1. The molecule has 0 radical (unpaired) electrons. The first-order valence-corrected chi connectivity index (χ1v) is 7.34. The Morgan fingerprint density at radius 2 is 1.71 bits per heavy atom. The second kappa shape index (κ2) is 6.87. The molecule has 3 rings (SSSR count). The predicted molar refractivity (Wildman–Crippen MR) is 90.8 cm³/mol. The number of nitrogens with zero attached hydrogens (tertiary/aromatic N) is 2. The van der Waals surface area contributed by atoms with Gasteiger partial charge in [0.05, 0.1) is 5.69 Å². The van der Waals surface area contributed by atoms with Crippen LogP contribution in [0, 0.1) is 12.7 Å². The van der Waals surface area contributed by atoms with Gasteiger partial charge in [-0.2, -0.15) is 0 Å². The summed E-state index contributed by atoms with van der Waals surface area (Å²) in [6.45, 7) is 1.97. The number of benzene rings is 2. The van der Waals surface area contributed by atoms with E-state index in [1.54, 1.807) is 12.1 Å². The normalized spacial score (nSPS) is 10.2. The lowest BCUT2D eigenvalue weighted by Crippen LogP contribution is -2.15. The molecule has 2 aromatic carbocycles. The number of hydrogen-bond acceptors (Lipinski definition) is 4. The zero-order chi connectivity index (χ0) is 16.9. The Morgan fingerprint density at radius 3 is 2.46 bits per heavy atom. The van der Waals surface area contributed by atoms with Crippen molar-refractivity contribution in [1.82, 2.24) is 9.97 Å². The molecule has 5 nitrogen and oxygen atoms in total. The second-order valence-electron chi connectivity index (χ2n) is 5.16. The smallest absolute Gasteiger partial charge is 0.274 e. The van der Waals surface area contributed by atoms with E-state index in [2.05, 4.69) is 20.6 Å². The Hall–Kier alpha value is -3.28. The lowest BCUT2D eigenvalue weighted by Gasteiger charge is -2.09. The van der Waals surface area contributed by atoms with Gasteiger partial charge in [-0.05, 0) is 30.7 Å². The van der Waals surface area contributed by atoms with Crippen LogP contribution in [0.5, 0.6) is 0 Å². The minimum Gasteiger partial charge on any atom is -0.340 e. The van der Waals surface area contributed by atoms with Crippen molar-refractivity contribution in [3.8, 4) is 0 Å². The van der Waals surface area contributed by atoms with E-state index >= 15 is 0 Å². The van der Waals surface area contributed by atoms with Gasteiger partial charge in [0.1, 0.15) is 23.7 Å². The van der Waals surface area contributed by atoms with Crippen molar-refractivity contribution in [2.45, 2.75) is 6.92 Å². The molecule has 0 aliphatic carbocycles. The average molecular weight is 322 g/mol. The van der Waals surface area contributed by atoms with E-state index in [-0.39, 0.29) is 11.4 Å². The van der Waals surface area contributed by atoms with Crippen LogP contribution in [-0.2, 0) is 0 Å². The van der Waals surface area contributed by atoms with Gasteiger partial charge in [-0.15, -0.1) is 0 Å². The van der Waals surface area contributed by atoms with E-state index in [0.717, 1.165) is 11.3 Å². The van der Waals surface area contributed by atoms with Crippen LogP contribution in [0.4, 0.5) is 21.6 Å². The maximum absolute atomic E-state index is 13.6. The molecule has 0 saturated heterocycles. The standard InChI is InChI=1S/C18H15FN4O/c1-12-6-2-4-8-14(12)22-17-10-16(20-11-21-17)18(24)23-15-9-5-3-7-13(15)19/h2-11H,1H3,(H,23,24)(H,20,21,22). The number of anilines is 3. The molecule has 0 atom stereocenters. The molecular formula is C18H15FN4O. The molecule has 1 heterocycles. The fourth-order valence-electron chi connectivity index (χ4n) is 2.15. The van der Waals surface area contributed by atoms with Crippen LogP contribution in [0.2, 0.25) is 0 Å². The van der Waals surface area contributed by atoms with Crippen molar-refractivity contribution in [3.05, 3.63) is 78.0 Å². The summed E-state index contributed by atoms with van der Waals surface area (Å²) in [5.41, 5.74) is 2.18. The summed E-state index contributed by atoms with van der Waals surface area (Å²) < 4.78 is 13.6. The van der Waals surface area contributed by atoms with Crippen LogP contribution < -0.4 is 10.6 Å². The minimum atomic E-state index is -0.504. The highest BCUT2D eigenvalue weighted by atomic mass is 19.1. The summed E-state index contributed by atoms with van der Waals surface area (Å²) >= 11 is 0. The Kier molecular flexibility index (Phi) is 4.47. The van der Waals surface area contributed by atoms with Gasteiger partial charge >= 0.3 is 0 Å². The highest BCUT2D eigenvalue weighted by Gasteiger charge is 2.11. The molecule has 0 unspecified atom stereocenters. The Bertz CT molecular complexity index is 882. The number of hydrogen-bond donors (Lipinski definition) is 2. The molecule has 0 aliphatic heterocycles. The molecule has 1 amide bonds. The van der Waals surface area contributed by atoms with Gasteiger partial charge in [0, 0.05) is 11.8 Å². The molecule has 6 heteroatoms. The van der Waals surface area contributed by atoms with E-state index in [0.29, 0.717) is 5.82 Å². The molecule has 0 bridgehead atoms. The Balaban J connectivity index is 1.79. The van der Waals surface area contributed by atoms with Gasteiger partial charge in [0.15, 0.2) is 0 Å². The van der Waals surface area contributed by atoms with E-state index in [1.807, 2.05) is 31.2 Å². The molecule has 1 aromatic heterocycles. The Morgan fingerprint density at radius 1 is 1.00 bits per heavy atom. The highest BCUT2D eigenvalue weighted by Crippen LogP contribution is 2.19. The molecule has 0 saturated carbocycles. The number of carbonyl (C=O) groups excluding carboxylic acids is 1. The third-order valence-corrected chi connectivity index (χ3v) is 3.43. The van der Waals surface area contributed by atoms with Crippen molar-refractivity contribution in [3.63, 3.8) is 0 Å². The van der Waals surface area contributed by atoms with E-state index in [4.69, 9.17) is 0 Å². The fraction of sp³-hybridized carbons (Fsp3) is 0.0556. The Labute approximate surface area is 138 Å². The third kappa shape index (κ3) is 3.55. The first kappa shape index (κ1) is 15.6. The zero-order valence-corrected chi connectivity index (χ0v) is 13.0. The first-order chi connectivity index (χ1) is 11.6. The summed E-state index contributed by atoms with van der Waals surface area (Å²) in [4.78, 5) is 20.3. The number of carbonyl (C=O) groups is 1. The van der Waals surface area contributed by atoms with Crippen LogP contribution in [-0.4, -0.2) is 15.9 Å². The van der Waals surface area contributed by atoms with Crippen molar-refractivity contribution >= 4 is 23.1 Å². The average Bonchev–Trinajstić information content (AvgIpc) is 2.59. The molecule has 0 fully saturated rings. The number of halogens is 1. The third-order valence-electron chi connectivity index (χ3n) is 3.43. The molecule has 24 heavy (non-hydrogen) atoms. The summed E-state index contributed by atoms with van der Waals surface area (Å²) in [6.07, 6.45) is 1.29. The molecule has 2 N–H and O–H groups in total. The monoisotopic (exact) mass is 322 g/mol. The second-order valence-corrected chi connectivity index (χ2v) is 5.16. The van der Waals surface area contributed by atoms with Crippen LogP contribution in [0.25, 0.3) is 0 Å². The maximum atomic E-state index is 13.6. The van der Waals surface area contributed by atoms with Crippen LogP contribution in [0.15, 0.2) is 60.9 Å². The number of rotatable bonds is 4. The van der Waals surface area contributed by atoms with Crippen molar-refractivity contribution in [2.75, 3.05) is 10.6 Å². The van der Waals surface area contributed by atoms with Gasteiger partial charge in [-0.1, -0.05) is 30.3 Å². The summed E-state index contributed by atoms with van der Waals surface area (Å²) in [5, 5.41) is 5.63. The SMILES string of the molecule is Cc1ccccc1Nc1cc(C(=O)Nc2ccccc2F)ncn1. The van der Waals surface area contributed by atoms with Crippen molar-refractivity contribution in [1.29, 1.82) is 0 Å². The van der Waals surface area contributed by atoms with Gasteiger partial charge in [0.25, 0.3) is 5.91 Å². The molecule has 0 aliphatic rings. The van der Waals surface area contributed by atoms with Crippen molar-refractivity contribution < 1.29 is 9.18 Å².